The van der Waals surface area contributed by atoms with Gasteiger partial charge in [-0.25, -0.2) is 0 Å². The molecule has 0 radical (unpaired) electrons. The van der Waals surface area contributed by atoms with Crippen LogP contribution < -0.4 is 5.32 Å². The Morgan fingerprint density at radius 1 is 1.19 bits per heavy atom. The van der Waals surface area contributed by atoms with E-state index in [1.165, 1.54) is 12.1 Å². The minimum absolute atomic E-state index is 0.0365. The molecule has 2 N–H and O–H groups in total. The number of carbonyl (C=O) groups excluding carboxylic acids is 1. The highest BCUT2D eigenvalue weighted by Gasteiger charge is 2.17. The van der Waals surface area contributed by atoms with Crippen LogP contribution in [0.25, 0.3) is 0 Å². The van der Waals surface area contributed by atoms with Crippen LogP contribution in [0.3, 0.4) is 0 Å². The average molecular weight is 332 g/mol. The van der Waals surface area contributed by atoms with E-state index in [-0.39, 0.29) is 18.2 Å². The number of benzene rings is 1. The van der Waals surface area contributed by atoms with E-state index in [1.54, 1.807) is 6.07 Å². The van der Waals surface area contributed by atoms with Gasteiger partial charge in [0.2, 0.25) is 0 Å². The number of carbonyl (C=O) groups is 2. The van der Waals surface area contributed by atoms with Gasteiger partial charge < -0.3 is 10.4 Å². The van der Waals surface area contributed by atoms with E-state index in [9.17, 15) is 9.59 Å². The number of hydrogen-bond acceptors (Lipinski definition) is 2. The molecule has 0 bridgehead atoms. The van der Waals surface area contributed by atoms with Gasteiger partial charge in [0, 0.05) is 28.6 Å². The minimum Gasteiger partial charge on any atom is -0.481 e. The van der Waals surface area contributed by atoms with Crippen molar-refractivity contribution >= 4 is 35.1 Å². The molecule has 0 aliphatic carbocycles. The van der Waals surface area contributed by atoms with Gasteiger partial charge in [-0.1, -0.05) is 37.0 Å². The molecule has 0 aliphatic rings. The Morgan fingerprint density at radius 2 is 1.76 bits per heavy atom. The van der Waals surface area contributed by atoms with E-state index >= 15 is 0 Å². The van der Waals surface area contributed by atoms with E-state index in [1.807, 2.05) is 13.8 Å². The highest BCUT2D eigenvalue weighted by atomic mass is 35.5. The molecule has 0 saturated heterocycles. The molecule has 0 aromatic heterocycles. The fourth-order valence-corrected chi connectivity index (χ4v) is 2.70. The second kappa shape index (κ2) is 8.25. The number of aliphatic carboxylic acids is 1. The largest absolute Gasteiger partial charge is 0.481 e. The lowest BCUT2D eigenvalue weighted by Crippen LogP contribution is -2.31. The summed E-state index contributed by atoms with van der Waals surface area (Å²) >= 11 is 11.7. The van der Waals surface area contributed by atoms with Crippen LogP contribution in [-0.2, 0) is 4.79 Å². The van der Waals surface area contributed by atoms with Gasteiger partial charge in [0.1, 0.15) is 0 Å². The summed E-state index contributed by atoms with van der Waals surface area (Å²) in [5, 5.41) is 12.4. The van der Waals surface area contributed by atoms with Crippen LogP contribution >= 0.6 is 23.2 Å². The zero-order chi connectivity index (χ0) is 16.0. The highest BCUT2D eigenvalue weighted by molar-refractivity contribution is 6.35. The van der Waals surface area contributed by atoms with E-state index in [0.717, 1.165) is 6.42 Å². The van der Waals surface area contributed by atoms with Gasteiger partial charge in [-0.2, -0.15) is 0 Å². The molecule has 0 saturated carbocycles. The number of halogens is 2. The van der Waals surface area contributed by atoms with Crippen molar-refractivity contribution in [1.82, 2.24) is 5.32 Å². The third-order valence-electron chi connectivity index (χ3n) is 2.94. The van der Waals surface area contributed by atoms with E-state index < -0.39 is 5.97 Å². The maximum Gasteiger partial charge on any atom is 0.303 e. The Labute approximate surface area is 134 Å². The fourth-order valence-electron chi connectivity index (χ4n) is 2.18. The SMILES string of the molecule is CC(C)C[C@H](CNC(=O)c1cc(Cl)cc(Cl)c1)CC(=O)O. The molecule has 1 aromatic rings. The summed E-state index contributed by atoms with van der Waals surface area (Å²) in [5.41, 5.74) is 0.367. The molecular weight excluding hydrogens is 313 g/mol. The second-order valence-electron chi connectivity index (χ2n) is 5.46. The molecule has 0 heterocycles. The van der Waals surface area contributed by atoms with Gasteiger partial charge in [-0.3, -0.25) is 9.59 Å². The average Bonchev–Trinajstić information content (AvgIpc) is 2.32. The van der Waals surface area contributed by atoms with Crippen molar-refractivity contribution in [2.75, 3.05) is 6.54 Å². The van der Waals surface area contributed by atoms with Crippen molar-refractivity contribution in [3.05, 3.63) is 33.8 Å². The lowest BCUT2D eigenvalue weighted by molar-refractivity contribution is -0.138. The zero-order valence-electron chi connectivity index (χ0n) is 12.0. The van der Waals surface area contributed by atoms with Crippen LogP contribution in [-0.4, -0.2) is 23.5 Å². The van der Waals surface area contributed by atoms with Crippen LogP contribution in [0.2, 0.25) is 10.0 Å². The van der Waals surface area contributed by atoms with Crippen molar-refractivity contribution < 1.29 is 14.7 Å². The molecule has 0 fully saturated rings. The molecule has 4 nitrogen and oxygen atoms in total. The number of carboxylic acids is 1. The van der Waals surface area contributed by atoms with Gasteiger partial charge in [0.05, 0.1) is 0 Å². The number of hydrogen-bond donors (Lipinski definition) is 2. The zero-order valence-corrected chi connectivity index (χ0v) is 13.5. The molecule has 0 spiro atoms. The van der Waals surface area contributed by atoms with Crippen molar-refractivity contribution in [2.45, 2.75) is 26.7 Å². The van der Waals surface area contributed by atoms with E-state index in [2.05, 4.69) is 5.32 Å². The fraction of sp³-hybridized carbons (Fsp3) is 0.467. The summed E-state index contributed by atoms with van der Waals surface area (Å²) in [6, 6.07) is 4.60. The predicted molar refractivity (Wildman–Crippen MR) is 84.0 cm³/mol. The molecule has 21 heavy (non-hydrogen) atoms. The Hall–Kier alpha value is -1.26. The van der Waals surface area contributed by atoms with E-state index in [4.69, 9.17) is 28.3 Å². The Balaban J connectivity index is 2.65. The summed E-state index contributed by atoms with van der Waals surface area (Å²) in [6.45, 7) is 4.36. The first-order valence-electron chi connectivity index (χ1n) is 6.74. The molecule has 6 heteroatoms. The first-order valence-corrected chi connectivity index (χ1v) is 7.49. The monoisotopic (exact) mass is 331 g/mol. The first-order chi connectivity index (χ1) is 9.77. The van der Waals surface area contributed by atoms with Gasteiger partial charge in [0.25, 0.3) is 5.91 Å². The highest BCUT2D eigenvalue weighted by Crippen LogP contribution is 2.19. The van der Waals surface area contributed by atoms with Crippen LogP contribution in [0.5, 0.6) is 0 Å². The maximum atomic E-state index is 12.0. The van der Waals surface area contributed by atoms with Crippen LogP contribution in [0, 0.1) is 11.8 Å². The Kier molecular flexibility index (Phi) is 6.99. The summed E-state index contributed by atoms with van der Waals surface area (Å²) in [5.74, 6) is -0.896. The van der Waals surface area contributed by atoms with Crippen molar-refractivity contribution in [1.29, 1.82) is 0 Å². The molecular formula is C15H19Cl2NO3. The summed E-state index contributed by atoms with van der Waals surface area (Å²) in [6.07, 6.45) is 0.775. The smallest absolute Gasteiger partial charge is 0.303 e. The molecule has 0 aliphatic heterocycles. The summed E-state index contributed by atoms with van der Waals surface area (Å²) in [7, 11) is 0. The minimum atomic E-state index is -0.860. The second-order valence-corrected chi connectivity index (χ2v) is 6.33. The van der Waals surface area contributed by atoms with Crippen LogP contribution in [0.4, 0.5) is 0 Å². The molecule has 116 valence electrons. The van der Waals surface area contributed by atoms with Crippen LogP contribution in [0.15, 0.2) is 18.2 Å². The van der Waals surface area contributed by atoms with Gasteiger partial charge in [-0.05, 0) is 36.5 Å². The van der Waals surface area contributed by atoms with Crippen molar-refractivity contribution in [3.63, 3.8) is 0 Å². The molecule has 1 rings (SSSR count). The van der Waals surface area contributed by atoms with Gasteiger partial charge >= 0.3 is 5.97 Å². The molecule has 1 aromatic carbocycles. The normalized spacial score (nSPS) is 12.2. The van der Waals surface area contributed by atoms with Crippen LogP contribution in [0.1, 0.15) is 37.0 Å². The summed E-state index contributed by atoms with van der Waals surface area (Å²) in [4.78, 5) is 22.9. The number of rotatable bonds is 7. The molecule has 0 unspecified atom stereocenters. The standard InChI is InChI=1S/C15H19Cl2NO3/c1-9(2)3-10(4-14(19)20)8-18-15(21)11-5-12(16)7-13(17)6-11/h5-7,9-10H,3-4,8H2,1-2H3,(H,18,21)(H,19,20)/t10-/m0/s1. The predicted octanol–water partition coefficient (Wildman–Crippen LogP) is 3.86. The topological polar surface area (TPSA) is 66.4 Å². The third-order valence-corrected chi connectivity index (χ3v) is 3.38. The maximum absolute atomic E-state index is 12.0. The molecule has 1 atom stereocenters. The molecule has 1 amide bonds. The quantitative estimate of drug-likeness (QED) is 0.797. The first kappa shape index (κ1) is 17.8. The van der Waals surface area contributed by atoms with E-state index in [0.29, 0.717) is 28.1 Å². The van der Waals surface area contributed by atoms with Crippen molar-refractivity contribution in [3.8, 4) is 0 Å². The summed E-state index contributed by atoms with van der Waals surface area (Å²) < 4.78 is 0. The number of nitrogens with one attached hydrogen (secondary N) is 1. The third kappa shape index (κ3) is 6.82. The number of amides is 1. The van der Waals surface area contributed by atoms with Gasteiger partial charge in [0.15, 0.2) is 0 Å². The van der Waals surface area contributed by atoms with Crippen molar-refractivity contribution in [2.24, 2.45) is 11.8 Å². The lowest BCUT2D eigenvalue weighted by atomic mass is 9.94. The van der Waals surface area contributed by atoms with Gasteiger partial charge in [-0.15, -0.1) is 0 Å². The Bertz CT molecular complexity index is 497. The number of carboxylic acid groups (broad SMARTS) is 1. The Morgan fingerprint density at radius 3 is 2.24 bits per heavy atom. The lowest BCUT2D eigenvalue weighted by Gasteiger charge is -2.17.